The fourth-order valence-corrected chi connectivity index (χ4v) is 3.31. The molecule has 3 aromatic rings. The Balaban J connectivity index is 2.06. The number of rotatable bonds is 6. The van der Waals surface area contributed by atoms with E-state index in [9.17, 15) is 5.26 Å². The number of aromatic nitrogens is 1. The zero-order valence-corrected chi connectivity index (χ0v) is 14.1. The lowest BCUT2D eigenvalue weighted by atomic mass is 9.73. The van der Waals surface area contributed by atoms with Crippen LogP contribution in [0.3, 0.4) is 0 Å². The molecule has 1 heterocycles. The summed E-state index contributed by atoms with van der Waals surface area (Å²) in [6, 6.07) is 21.4. The lowest BCUT2D eigenvalue weighted by Gasteiger charge is -2.27. The fraction of sp³-hybridized carbons (Fsp3) is 0.273. The highest BCUT2D eigenvalue weighted by Crippen LogP contribution is 2.35. The molecule has 0 aliphatic rings. The van der Waals surface area contributed by atoms with E-state index < -0.39 is 5.41 Å². The first-order chi connectivity index (χ1) is 11.8. The van der Waals surface area contributed by atoms with Gasteiger partial charge in [-0.2, -0.15) is 5.26 Å². The lowest BCUT2D eigenvalue weighted by molar-refractivity contribution is 0.476. The number of hydrogen-bond donors (Lipinski definition) is 0. The molecule has 24 heavy (non-hydrogen) atoms. The molecule has 0 amide bonds. The van der Waals surface area contributed by atoms with Crippen LogP contribution in [0.2, 0.25) is 0 Å². The Bertz CT molecular complexity index is 848. The minimum atomic E-state index is -0.497. The molecule has 0 bridgehead atoms. The van der Waals surface area contributed by atoms with Crippen LogP contribution in [-0.2, 0) is 11.8 Å². The Morgan fingerprint density at radius 1 is 1.04 bits per heavy atom. The maximum atomic E-state index is 10.1. The highest BCUT2D eigenvalue weighted by Gasteiger charge is 2.32. The van der Waals surface area contributed by atoms with Gasteiger partial charge in [0.1, 0.15) is 0 Å². The van der Waals surface area contributed by atoms with E-state index in [1.165, 1.54) is 10.8 Å². The molecule has 1 atom stereocenters. The van der Waals surface area contributed by atoms with E-state index in [4.69, 9.17) is 0 Å². The van der Waals surface area contributed by atoms with Crippen LogP contribution in [0.4, 0.5) is 0 Å². The van der Waals surface area contributed by atoms with Crippen LogP contribution >= 0.6 is 0 Å². The van der Waals surface area contributed by atoms with Crippen molar-refractivity contribution < 1.29 is 0 Å². The van der Waals surface area contributed by atoms with Gasteiger partial charge in [0, 0.05) is 12.4 Å². The summed E-state index contributed by atoms with van der Waals surface area (Å²) in [5.74, 6) is 0. The third-order valence-corrected chi connectivity index (χ3v) is 4.70. The summed E-state index contributed by atoms with van der Waals surface area (Å²) in [6.07, 6.45) is 7.35. The van der Waals surface area contributed by atoms with Crippen LogP contribution in [0.1, 0.15) is 37.3 Å². The molecule has 120 valence electrons. The first-order valence-electron chi connectivity index (χ1n) is 8.57. The number of fused-ring (bicyclic) bond motifs is 1. The molecule has 2 aromatic carbocycles. The minimum absolute atomic E-state index is 0.497. The lowest BCUT2D eigenvalue weighted by Crippen LogP contribution is -2.27. The zero-order chi connectivity index (χ0) is 16.8. The van der Waals surface area contributed by atoms with E-state index in [2.05, 4.69) is 54.4 Å². The zero-order valence-electron chi connectivity index (χ0n) is 14.1. The predicted molar refractivity (Wildman–Crippen MR) is 98.7 cm³/mol. The van der Waals surface area contributed by atoms with Gasteiger partial charge < -0.3 is 0 Å². The van der Waals surface area contributed by atoms with Gasteiger partial charge in [0.25, 0.3) is 0 Å². The Labute approximate surface area is 143 Å². The molecule has 1 aromatic heterocycles. The average molecular weight is 314 g/mol. The Kier molecular flexibility index (Phi) is 4.91. The first kappa shape index (κ1) is 16.2. The van der Waals surface area contributed by atoms with Gasteiger partial charge in [0.15, 0.2) is 0 Å². The summed E-state index contributed by atoms with van der Waals surface area (Å²) in [7, 11) is 0. The van der Waals surface area contributed by atoms with E-state index in [0.29, 0.717) is 6.42 Å². The molecule has 2 heteroatoms. The van der Waals surface area contributed by atoms with Gasteiger partial charge in [-0.05, 0) is 46.9 Å². The predicted octanol–water partition coefficient (Wildman–Crippen LogP) is 5.43. The number of unbranched alkanes of at least 4 members (excludes halogenated alkanes) is 1. The van der Waals surface area contributed by atoms with Gasteiger partial charge >= 0.3 is 0 Å². The van der Waals surface area contributed by atoms with E-state index in [1.54, 1.807) is 6.20 Å². The van der Waals surface area contributed by atoms with Gasteiger partial charge in [0.05, 0.1) is 11.5 Å². The Morgan fingerprint density at radius 3 is 2.58 bits per heavy atom. The fourth-order valence-electron chi connectivity index (χ4n) is 3.31. The summed E-state index contributed by atoms with van der Waals surface area (Å²) >= 11 is 0. The van der Waals surface area contributed by atoms with Crippen molar-refractivity contribution in [3.05, 3.63) is 78.1 Å². The molecule has 0 aliphatic heterocycles. The molecule has 0 N–H and O–H groups in total. The molecule has 3 rings (SSSR count). The maximum absolute atomic E-state index is 10.1. The van der Waals surface area contributed by atoms with Crippen LogP contribution in [0.25, 0.3) is 10.8 Å². The van der Waals surface area contributed by atoms with E-state index in [1.807, 2.05) is 24.4 Å². The van der Waals surface area contributed by atoms with Gasteiger partial charge in [-0.15, -0.1) is 0 Å². The SMILES string of the molecule is CCCCC(C#N)(Cc1cccnc1)c1ccc2ccccc2c1. The number of hydrogen-bond acceptors (Lipinski definition) is 2. The van der Waals surface area contributed by atoms with Crippen LogP contribution in [0, 0.1) is 11.3 Å². The Hall–Kier alpha value is -2.66. The number of nitrogens with zero attached hydrogens (tertiary/aromatic N) is 2. The normalized spacial score (nSPS) is 13.3. The largest absolute Gasteiger partial charge is 0.264 e. The maximum Gasteiger partial charge on any atom is 0.0863 e. The van der Waals surface area contributed by atoms with Crippen molar-refractivity contribution in [1.29, 1.82) is 5.26 Å². The molecule has 1 unspecified atom stereocenters. The third kappa shape index (κ3) is 3.31. The van der Waals surface area contributed by atoms with Crippen molar-refractivity contribution in [1.82, 2.24) is 4.98 Å². The monoisotopic (exact) mass is 314 g/mol. The van der Waals surface area contributed by atoms with Gasteiger partial charge in [-0.25, -0.2) is 0 Å². The van der Waals surface area contributed by atoms with Crippen molar-refractivity contribution in [2.45, 2.75) is 38.0 Å². The quantitative estimate of drug-likeness (QED) is 0.608. The number of benzene rings is 2. The molecule has 0 saturated carbocycles. The highest BCUT2D eigenvalue weighted by atomic mass is 14.6. The second-order valence-electron chi connectivity index (χ2n) is 6.40. The summed E-state index contributed by atoms with van der Waals surface area (Å²) in [6.45, 7) is 2.17. The van der Waals surface area contributed by atoms with Crippen LogP contribution in [-0.4, -0.2) is 4.98 Å². The van der Waals surface area contributed by atoms with Gasteiger partial charge in [0.2, 0.25) is 0 Å². The highest BCUT2D eigenvalue weighted by molar-refractivity contribution is 5.83. The van der Waals surface area contributed by atoms with Crippen molar-refractivity contribution in [3.63, 3.8) is 0 Å². The van der Waals surface area contributed by atoms with Crippen LogP contribution < -0.4 is 0 Å². The van der Waals surface area contributed by atoms with Crippen LogP contribution in [0.15, 0.2) is 67.0 Å². The molecule has 0 saturated heterocycles. The molecular formula is C22H22N2. The summed E-state index contributed by atoms with van der Waals surface area (Å²) < 4.78 is 0. The van der Waals surface area contributed by atoms with Crippen molar-refractivity contribution in [2.75, 3.05) is 0 Å². The molecular weight excluding hydrogens is 292 g/mol. The Morgan fingerprint density at radius 2 is 1.88 bits per heavy atom. The second kappa shape index (κ2) is 7.27. The van der Waals surface area contributed by atoms with Crippen molar-refractivity contribution >= 4 is 10.8 Å². The van der Waals surface area contributed by atoms with Gasteiger partial charge in [-0.1, -0.05) is 62.2 Å². The molecule has 0 fully saturated rings. The molecule has 2 nitrogen and oxygen atoms in total. The smallest absolute Gasteiger partial charge is 0.0863 e. The molecule has 0 radical (unpaired) electrons. The molecule has 0 aliphatic carbocycles. The van der Waals surface area contributed by atoms with Gasteiger partial charge in [-0.3, -0.25) is 4.98 Å². The minimum Gasteiger partial charge on any atom is -0.264 e. The molecule has 0 spiro atoms. The van der Waals surface area contributed by atoms with Crippen LogP contribution in [0.5, 0.6) is 0 Å². The number of nitriles is 1. The van der Waals surface area contributed by atoms with E-state index >= 15 is 0 Å². The van der Waals surface area contributed by atoms with Crippen molar-refractivity contribution in [3.8, 4) is 6.07 Å². The topological polar surface area (TPSA) is 36.7 Å². The third-order valence-electron chi connectivity index (χ3n) is 4.70. The summed E-state index contributed by atoms with van der Waals surface area (Å²) in [4.78, 5) is 4.22. The standard InChI is InChI=1S/C22H22N2/c1-2-3-12-22(17-23,15-18-7-6-13-24-16-18)21-11-10-19-8-4-5-9-20(19)14-21/h4-11,13-14,16H,2-3,12,15H2,1H3. The van der Waals surface area contributed by atoms with E-state index in [0.717, 1.165) is 30.4 Å². The second-order valence-corrected chi connectivity index (χ2v) is 6.40. The van der Waals surface area contributed by atoms with Crippen molar-refractivity contribution in [2.24, 2.45) is 0 Å². The number of pyridine rings is 1. The van der Waals surface area contributed by atoms with E-state index in [-0.39, 0.29) is 0 Å². The first-order valence-corrected chi connectivity index (χ1v) is 8.57. The summed E-state index contributed by atoms with van der Waals surface area (Å²) in [5, 5.41) is 12.5. The average Bonchev–Trinajstić information content (AvgIpc) is 2.65. The summed E-state index contributed by atoms with van der Waals surface area (Å²) in [5.41, 5.74) is 1.73.